The van der Waals surface area contributed by atoms with Crippen LogP contribution in [0.25, 0.3) is 0 Å². The molecule has 1 saturated carbocycles. The highest BCUT2D eigenvalue weighted by Crippen LogP contribution is 2.32. The molecule has 0 spiro atoms. The highest BCUT2D eigenvalue weighted by Gasteiger charge is 2.35. The number of rotatable bonds is 5. The first kappa shape index (κ1) is 20.4. The van der Waals surface area contributed by atoms with E-state index < -0.39 is 5.54 Å². The third kappa shape index (κ3) is 4.22. The number of nitriles is 1. The van der Waals surface area contributed by atoms with Gasteiger partial charge in [0.1, 0.15) is 11.2 Å². The molecule has 3 rings (SSSR count). The van der Waals surface area contributed by atoms with Gasteiger partial charge in [0.25, 0.3) is 5.91 Å². The standard InChI is InChI=1S/C21H31N5O2/c1-23-20(28)18-10-9-16(25(18)2)17-8-4-7-13-26(17)14-19(27)24-21(15-22)11-5-3-6-12-21/h9-10,17H,3-8,11-14H2,1-2H3,(H,23,28)(H,24,27)/t17-/m0/s1. The van der Waals surface area contributed by atoms with Crippen LogP contribution in [-0.2, 0) is 11.8 Å². The van der Waals surface area contributed by atoms with Crippen molar-refractivity contribution in [3.8, 4) is 6.07 Å². The van der Waals surface area contributed by atoms with Gasteiger partial charge in [0.15, 0.2) is 0 Å². The Hall–Kier alpha value is -2.33. The van der Waals surface area contributed by atoms with Crippen LogP contribution >= 0.6 is 0 Å². The molecule has 1 aromatic heterocycles. The second-order valence-corrected chi connectivity index (χ2v) is 8.07. The van der Waals surface area contributed by atoms with Gasteiger partial charge in [-0.15, -0.1) is 0 Å². The van der Waals surface area contributed by atoms with E-state index in [2.05, 4.69) is 21.6 Å². The molecule has 2 heterocycles. The zero-order valence-electron chi connectivity index (χ0n) is 17.0. The van der Waals surface area contributed by atoms with E-state index in [1.165, 1.54) is 0 Å². The molecular weight excluding hydrogens is 354 g/mol. The summed E-state index contributed by atoms with van der Waals surface area (Å²) < 4.78 is 1.93. The molecule has 1 aliphatic carbocycles. The van der Waals surface area contributed by atoms with Crippen molar-refractivity contribution in [3.05, 3.63) is 23.5 Å². The van der Waals surface area contributed by atoms with E-state index in [1.807, 2.05) is 23.7 Å². The highest BCUT2D eigenvalue weighted by molar-refractivity contribution is 5.92. The van der Waals surface area contributed by atoms with Crippen molar-refractivity contribution in [1.82, 2.24) is 20.1 Å². The number of carbonyl (C=O) groups excluding carboxylic acids is 2. The summed E-state index contributed by atoms with van der Waals surface area (Å²) in [5.74, 6) is -0.182. The van der Waals surface area contributed by atoms with E-state index in [-0.39, 0.29) is 24.4 Å². The molecule has 1 aliphatic heterocycles. The molecule has 1 saturated heterocycles. The second-order valence-electron chi connectivity index (χ2n) is 8.07. The van der Waals surface area contributed by atoms with E-state index in [1.54, 1.807) is 7.05 Å². The van der Waals surface area contributed by atoms with Gasteiger partial charge in [-0.3, -0.25) is 14.5 Å². The number of hydrogen-bond donors (Lipinski definition) is 2. The second kappa shape index (κ2) is 8.78. The third-order valence-electron chi connectivity index (χ3n) is 6.22. The van der Waals surface area contributed by atoms with Gasteiger partial charge in [0, 0.05) is 19.8 Å². The summed E-state index contributed by atoms with van der Waals surface area (Å²) in [5, 5.41) is 15.3. The first-order chi connectivity index (χ1) is 13.5. The zero-order chi connectivity index (χ0) is 20.1. The number of carbonyl (C=O) groups is 2. The van der Waals surface area contributed by atoms with Crippen molar-refractivity contribution in [2.75, 3.05) is 20.1 Å². The molecule has 2 N–H and O–H groups in total. The van der Waals surface area contributed by atoms with Crippen molar-refractivity contribution >= 4 is 11.8 Å². The summed E-state index contributed by atoms with van der Waals surface area (Å²) in [6, 6.07) is 6.30. The molecule has 2 amide bonds. The van der Waals surface area contributed by atoms with Gasteiger partial charge < -0.3 is 15.2 Å². The quantitative estimate of drug-likeness (QED) is 0.813. The molecule has 2 fully saturated rings. The Labute approximate surface area is 167 Å². The van der Waals surface area contributed by atoms with E-state index >= 15 is 0 Å². The largest absolute Gasteiger partial charge is 0.354 e. The molecule has 152 valence electrons. The summed E-state index contributed by atoms with van der Waals surface area (Å²) in [6.07, 6.45) is 7.72. The predicted molar refractivity (Wildman–Crippen MR) is 107 cm³/mol. The Morgan fingerprint density at radius 1 is 1.21 bits per heavy atom. The molecule has 0 bridgehead atoms. The Morgan fingerprint density at radius 3 is 2.64 bits per heavy atom. The lowest BCUT2D eigenvalue weighted by molar-refractivity contribution is -0.125. The molecule has 0 unspecified atom stereocenters. The minimum atomic E-state index is -0.696. The van der Waals surface area contributed by atoms with Crippen molar-refractivity contribution in [2.45, 2.75) is 62.9 Å². The first-order valence-corrected chi connectivity index (χ1v) is 10.3. The lowest BCUT2D eigenvalue weighted by Gasteiger charge is -2.37. The minimum Gasteiger partial charge on any atom is -0.354 e. The summed E-state index contributed by atoms with van der Waals surface area (Å²) in [5.41, 5.74) is 0.981. The summed E-state index contributed by atoms with van der Waals surface area (Å²) >= 11 is 0. The van der Waals surface area contributed by atoms with E-state index in [0.717, 1.165) is 63.6 Å². The van der Waals surface area contributed by atoms with Gasteiger partial charge in [0.05, 0.1) is 18.7 Å². The maximum absolute atomic E-state index is 12.8. The van der Waals surface area contributed by atoms with Gasteiger partial charge in [-0.2, -0.15) is 5.26 Å². The Bertz CT molecular complexity index is 757. The Balaban J connectivity index is 1.72. The molecule has 7 nitrogen and oxygen atoms in total. The van der Waals surface area contributed by atoms with E-state index in [9.17, 15) is 14.9 Å². The van der Waals surface area contributed by atoms with Crippen LogP contribution in [0.15, 0.2) is 12.1 Å². The van der Waals surface area contributed by atoms with Gasteiger partial charge in [-0.1, -0.05) is 25.7 Å². The van der Waals surface area contributed by atoms with Crippen LogP contribution in [0.2, 0.25) is 0 Å². The number of likely N-dealkylation sites (tertiary alicyclic amines) is 1. The average Bonchev–Trinajstić information content (AvgIpc) is 3.09. The number of aromatic nitrogens is 1. The van der Waals surface area contributed by atoms with Crippen molar-refractivity contribution in [2.24, 2.45) is 7.05 Å². The van der Waals surface area contributed by atoms with Crippen LogP contribution in [0.4, 0.5) is 0 Å². The normalized spacial score (nSPS) is 22.2. The number of hydrogen-bond acceptors (Lipinski definition) is 4. The molecule has 1 aromatic rings. The number of nitrogens with one attached hydrogen (secondary N) is 2. The van der Waals surface area contributed by atoms with Gasteiger partial charge in [-0.25, -0.2) is 0 Å². The van der Waals surface area contributed by atoms with E-state index in [4.69, 9.17) is 0 Å². The first-order valence-electron chi connectivity index (χ1n) is 10.3. The van der Waals surface area contributed by atoms with Crippen molar-refractivity contribution in [1.29, 1.82) is 5.26 Å². The monoisotopic (exact) mass is 385 g/mol. The molecule has 7 heteroatoms. The van der Waals surface area contributed by atoms with Gasteiger partial charge >= 0.3 is 0 Å². The van der Waals surface area contributed by atoms with Crippen LogP contribution in [0.1, 0.15) is 73.6 Å². The summed E-state index contributed by atoms with van der Waals surface area (Å²) in [6.45, 7) is 1.13. The zero-order valence-corrected chi connectivity index (χ0v) is 17.0. The lowest BCUT2D eigenvalue weighted by Crippen LogP contribution is -2.52. The van der Waals surface area contributed by atoms with Crippen LogP contribution in [0.5, 0.6) is 0 Å². The third-order valence-corrected chi connectivity index (χ3v) is 6.22. The fourth-order valence-electron chi connectivity index (χ4n) is 4.64. The summed E-state index contributed by atoms with van der Waals surface area (Å²) in [7, 11) is 3.53. The lowest BCUT2D eigenvalue weighted by atomic mass is 9.83. The smallest absolute Gasteiger partial charge is 0.267 e. The Morgan fingerprint density at radius 2 is 1.96 bits per heavy atom. The molecule has 28 heavy (non-hydrogen) atoms. The maximum atomic E-state index is 12.8. The SMILES string of the molecule is CNC(=O)c1ccc([C@@H]2CCCCN2CC(=O)NC2(C#N)CCCCC2)n1C. The topological polar surface area (TPSA) is 90.2 Å². The van der Waals surface area contributed by atoms with Gasteiger partial charge in [-0.05, 0) is 44.4 Å². The number of nitrogens with zero attached hydrogens (tertiary/aromatic N) is 3. The average molecular weight is 386 g/mol. The Kier molecular flexibility index (Phi) is 6.40. The van der Waals surface area contributed by atoms with Crippen molar-refractivity contribution in [3.63, 3.8) is 0 Å². The number of amides is 2. The van der Waals surface area contributed by atoms with Crippen LogP contribution in [0, 0.1) is 11.3 Å². The highest BCUT2D eigenvalue weighted by atomic mass is 16.2. The molecular formula is C21H31N5O2. The maximum Gasteiger partial charge on any atom is 0.267 e. The molecule has 2 aliphatic rings. The molecule has 0 aromatic carbocycles. The number of piperidine rings is 1. The minimum absolute atomic E-state index is 0.0731. The van der Waals surface area contributed by atoms with Crippen LogP contribution in [-0.4, -0.2) is 47.0 Å². The van der Waals surface area contributed by atoms with E-state index in [0.29, 0.717) is 5.69 Å². The van der Waals surface area contributed by atoms with Crippen molar-refractivity contribution < 1.29 is 9.59 Å². The van der Waals surface area contributed by atoms with Gasteiger partial charge in [0.2, 0.25) is 5.91 Å². The molecule has 1 atom stereocenters. The predicted octanol–water partition coefficient (Wildman–Crippen LogP) is 2.25. The van der Waals surface area contributed by atoms with Crippen LogP contribution in [0.3, 0.4) is 0 Å². The fourth-order valence-corrected chi connectivity index (χ4v) is 4.64. The molecule has 0 radical (unpaired) electrons. The fraction of sp³-hybridized carbons (Fsp3) is 0.667. The summed E-state index contributed by atoms with van der Waals surface area (Å²) in [4.78, 5) is 27.0. The van der Waals surface area contributed by atoms with Crippen LogP contribution < -0.4 is 10.6 Å².